The van der Waals surface area contributed by atoms with Crippen molar-refractivity contribution in [3.05, 3.63) is 28.9 Å². The third-order valence-corrected chi connectivity index (χ3v) is 9.82. The van der Waals surface area contributed by atoms with Gasteiger partial charge in [-0.25, -0.2) is 23.9 Å². The highest BCUT2D eigenvalue weighted by Crippen LogP contribution is 2.53. The number of fused-ring (bicyclic) bond motifs is 4. The van der Waals surface area contributed by atoms with Crippen molar-refractivity contribution < 1.29 is 28.2 Å². The summed E-state index contributed by atoms with van der Waals surface area (Å²) in [5, 5.41) is 0.924. The van der Waals surface area contributed by atoms with E-state index in [0.29, 0.717) is 41.9 Å². The summed E-state index contributed by atoms with van der Waals surface area (Å²) in [5.74, 6) is -0.261. The van der Waals surface area contributed by atoms with Gasteiger partial charge in [-0.1, -0.05) is 11.6 Å². The first-order chi connectivity index (χ1) is 20.9. The highest BCUT2D eigenvalue weighted by Gasteiger charge is 2.56. The van der Waals surface area contributed by atoms with Gasteiger partial charge in [0.15, 0.2) is 11.0 Å². The van der Waals surface area contributed by atoms with Crippen LogP contribution in [-0.4, -0.2) is 98.5 Å². The van der Waals surface area contributed by atoms with Crippen molar-refractivity contribution in [2.45, 2.75) is 83.3 Å². The summed E-state index contributed by atoms with van der Waals surface area (Å²) in [4.78, 5) is 40.4. The molecule has 5 aliphatic rings. The van der Waals surface area contributed by atoms with Gasteiger partial charge in [0.1, 0.15) is 23.8 Å². The topological polar surface area (TPSA) is 102 Å². The number of likely N-dealkylation sites (tertiary alicyclic amines) is 1. The van der Waals surface area contributed by atoms with Crippen LogP contribution in [0.2, 0.25) is 5.15 Å². The molecule has 3 unspecified atom stereocenters. The van der Waals surface area contributed by atoms with E-state index in [-0.39, 0.29) is 59.5 Å². The zero-order valence-corrected chi connectivity index (χ0v) is 26.4. The lowest BCUT2D eigenvalue weighted by Crippen LogP contribution is -2.44. The summed E-state index contributed by atoms with van der Waals surface area (Å²) >= 11 is 6.16. The molecule has 1 aliphatic carbocycles. The van der Waals surface area contributed by atoms with Crippen LogP contribution >= 0.6 is 11.6 Å². The molecule has 4 saturated heterocycles. The van der Waals surface area contributed by atoms with Gasteiger partial charge in [0.05, 0.1) is 36.1 Å². The molecule has 236 valence electrons. The standard InChI is InChI=1S/C31H38ClFN6O5/c1-16(21-7-6-8-36(21)5)43-28-19-12-18(15-37-9-10-42-29(37)40)39(26(19)20-13-34-27(32)23(33)24(20)35-28)25-17-11-22(25)38(14-17)30(41)44-31(2,3)4/h12-13,16-17,21-22,25H,6-11,14-15H2,1-5H3/t16-,17?,21-,22?,25?/m0/s1. The molecule has 8 rings (SSSR count). The van der Waals surface area contributed by atoms with E-state index in [1.165, 1.54) is 0 Å². The van der Waals surface area contributed by atoms with E-state index >= 15 is 4.39 Å². The largest absolute Gasteiger partial charge is 0.472 e. The highest BCUT2D eigenvalue weighted by atomic mass is 35.5. The van der Waals surface area contributed by atoms with Crippen molar-refractivity contribution in [1.82, 2.24) is 29.2 Å². The molecule has 13 heteroatoms. The fourth-order valence-corrected chi connectivity index (χ4v) is 7.66. The van der Waals surface area contributed by atoms with Gasteiger partial charge < -0.3 is 23.7 Å². The quantitative estimate of drug-likeness (QED) is 0.336. The van der Waals surface area contributed by atoms with Crippen molar-refractivity contribution in [3.63, 3.8) is 0 Å². The molecule has 0 N–H and O–H groups in total. The van der Waals surface area contributed by atoms with E-state index in [1.54, 1.807) is 16.0 Å². The molecule has 5 atom stereocenters. The molecule has 0 spiro atoms. The van der Waals surface area contributed by atoms with Gasteiger partial charge in [-0.15, -0.1) is 0 Å². The third kappa shape index (κ3) is 4.81. The second kappa shape index (κ2) is 10.6. The molecule has 7 heterocycles. The van der Waals surface area contributed by atoms with Gasteiger partial charge in [-0.05, 0) is 66.6 Å². The first-order valence-electron chi connectivity index (χ1n) is 15.4. The average Bonchev–Trinajstić information content (AvgIpc) is 3.76. The van der Waals surface area contributed by atoms with Crippen LogP contribution in [0.1, 0.15) is 58.7 Å². The molecular weight excluding hydrogens is 591 g/mol. The van der Waals surface area contributed by atoms with E-state index in [2.05, 4.69) is 21.5 Å². The Morgan fingerprint density at radius 1 is 1.27 bits per heavy atom. The second-order valence-corrected chi connectivity index (χ2v) is 13.9. The molecule has 3 aromatic rings. The molecule has 0 aromatic carbocycles. The first-order valence-corrected chi connectivity index (χ1v) is 15.7. The second-order valence-electron chi connectivity index (χ2n) is 13.5. The van der Waals surface area contributed by atoms with Crippen LogP contribution in [-0.2, 0) is 16.0 Å². The van der Waals surface area contributed by atoms with E-state index in [9.17, 15) is 9.59 Å². The number of amides is 2. The number of hydrogen-bond donors (Lipinski definition) is 0. The number of rotatable bonds is 6. The Bertz CT molecular complexity index is 1660. The summed E-state index contributed by atoms with van der Waals surface area (Å²) in [7, 11) is 2.08. The van der Waals surface area contributed by atoms with Gasteiger partial charge >= 0.3 is 12.2 Å². The number of aromatic nitrogens is 3. The molecule has 44 heavy (non-hydrogen) atoms. The Morgan fingerprint density at radius 2 is 2.07 bits per heavy atom. The van der Waals surface area contributed by atoms with Gasteiger partial charge in [0.25, 0.3) is 0 Å². The lowest BCUT2D eigenvalue weighted by atomic mass is 9.79. The SMILES string of the molecule is C[C@H](Oc1nc2c(F)c(Cl)ncc2c2c1cc(CN1CCOC1=O)n2C1C2CC1N(C(=O)OC(C)(C)C)C2)[C@@H]1CCCN1C. The van der Waals surface area contributed by atoms with Gasteiger partial charge in [-0.2, -0.15) is 0 Å². The molecule has 1 saturated carbocycles. The van der Waals surface area contributed by atoms with Crippen molar-refractivity contribution in [2.24, 2.45) is 5.92 Å². The Balaban J connectivity index is 1.39. The maximum Gasteiger partial charge on any atom is 0.410 e. The van der Waals surface area contributed by atoms with E-state index in [0.717, 1.165) is 31.5 Å². The predicted octanol–water partition coefficient (Wildman–Crippen LogP) is 5.37. The molecule has 0 radical (unpaired) electrons. The normalized spacial score (nSPS) is 26.0. The summed E-state index contributed by atoms with van der Waals surface area (Å²) in [6, 6.07) is 1.93. The summed E-state index contributed by atoms with van der Waals surface area (Å²) in [6.45, 7) is 10.2. The summed E-state index contributed by atoms with van der Waals surface area (Å²) < 4.78 is 35.4. The average molecular weight is 629 g/mol. The van der Waals surface area contributed by atoms with E-state index in [4.69, 9.17) is 30.8 Å². The highest BCUT2D eigenvalue weighted by molar-refractivity contribution is 6.30. The fraction of sp³-hybridized carbons (Fsp3) is 0.613. The fourth-order valence-electron chi connectivity index (χ4n) is 7.52. The van der Waals surface area contributed by atoms with E-state index in [1.807, 2.05) is 33.8 Å². The molecule has 2 bridgehead atoms. The minimum absolute atomic E-state index is 0.0710. The van der Waals surface area contributed by atoms with Crippen LogP contribution in [0.25, 0.3) is 21.8 Å². The molecule has 5 fully saturated rings. The smallest absolute Gasteiger partial charge is 0.410 e. The number of cyclic esters (lactones) is 1. The zero-order valence-electron chi connectivity index (χ0n) is 25.7. The zero-order chi connectivity index (χ0) is 31.1. The van der Waals surface area contributed by atoms with Crippen LogP contribution in [0.5, 0.6) is 5.88 Å². The third-order valence-electron chi connectivity index (χ3n) is 9.56. The van der Waals surface area contributed by atoms with Gasteiger partial charge in [0, 0.05) is 35.8 Å². The number of carbonyl (C=O) groups is 2. The van der Waals surface area contributed by atoms with Gasteiger partial charge in [0.2, 0.25) is 5.88 Å². The molecule has 3 aromatic heterocycles. The maximum absolute atomic E-state index is 15.6. The van der Waals surface area contributed by atoms with Crippen LogP contribution in [0, 0.1) is 11.7 Å². The van der Waals surface area contributed by atoms with E-state index < -0.39 is 11.4 Å². The first kappa shape index (κ1) is 29.3. The molecular formula is C31H38ClFN6O5. The number of likely N-dealkylation sites (N-methyl/N-ethyl adjacent to an activating group) is 1. The lowest BCUT2D eigenvalue weighted by molar-refractivity contribution is 0.0209. The minimum Gasteiger partial charge on any atom is -0.472 e. The number of halogens is 2. The Hall–Kier alpha value is -3.38. The summed E-state index contributed by atoms with van der Waals surface area (Å²) in [5.41, 5.74) is 0.974. The number of nitrogens with zero attached hydrogens (tertiary/aromatic N) is 6. The van der Waals surface area contributed by atoms with Crippen LogP contribution < -0.4 is 4.74 Å². The van der Waals surface area contributed by atoms with Crippen molar-refractivity contribution in [2.75, 3.05) is 33.3 Å². The summed E-state index contributed by atoms with van der Waals surface area (Å²) in [6.07, 6.45) is 3.50. The Kier molecular flexibility index (Phi) is 7.08. The van der Waals surface area contributed by atoms with Crippen molar-refractivity contribution in [1.29, 1.82) is 0 Å². The minimum atomic E-state index is -0.717. The number of carbonyl (C=O) groups excluding carboxylic acids is 2. The maximum atomic E-state index is 15.6. The van der Waals surface area contributed by atoms with Crippen LogP contribution in [0.4, 0.5) is 14.0 Å². The van der Waals surface area contributed by atoms with Crippen LogP contribution in [0.3, 0.4) is 0 Å². The predicted molar refractivity (Wildman–Crippen MR) is 161 cm³/mol. The Labute approximate surface area is 260 Å². The molecule has 11 nitrogen and oxygen atoms in total. The molecule has 2 amide bonds. The van der Waals surface area contributed by atoms with Crippen molar-refractivity contribution >= 4 is 45.6 Å². The number of hydrogen-bond acceptors (Lipinski definition) is 8. The Morgan fingerprint density at radius 3 is 2.75 bits per heavy atom. The van der Waals surface area contributed by atoms with Crippen LogP contribution in [0.15, 0.2) is 12.3 Å². The molecule has 4 aliphatic heterocycles. The number of ether oxygens (including phenoxy) is 3. The number of pyridine rings is 2. The lowest BCUT2D eigenvalue weighted by Gasteiger charge is -2.39. The van der Waals surface area contributed by atoms with Crippen molar-refractivity contribution in [3.8, 4) is 5.88 Å². The monoisotopic (exact) mass is 628 g/mol. The van der Waals surface area contributed by atoms with Gasteiger partial charge in [-0.3, -0.25) is 9.80 Å².